The third kappa shape index (κ3) is 1240. The molecule has 0 atom stereocenters. The fourth-order valence-electron chi connectivity index (χ4n) is 0. The largest absolute Gasteiger partial charge is 0.673 e. The van der Waals surface area contributed by atoms with Gasteiger partial charge in [0.15, 0.2) is 0 Å². The molecule has 6 heteroatoms. The molecule has 7 heavy (non-hydrogen) atoms. The highest BCUT2D eigenvalue weighted by atomic mass is 19.5. The van der Waals surface area contributed by atoms with Crippen molar-refractivity contribution in [1.29, 1.82) is 0 Å². The van der Waals surface area contributed by atoms with Gasteiger partial charge in [-0.25, -0.2) is 0 Å². The molecular formula is CH8BF4N. The van der Waals surface area contributed by atoms with Crippen LogP contribution in [0.4, 0.5) is 17.3 Å². The molecule has 0 saturated heterocycles. The van der Waals surface area contributed by atoms with Crippen LogP contribution in [0.15, 0.2) is 0 Å². The van der Waals surface area contributed by atoms with E-state index in [-0.39, 0.29) is 13.6 Å². The molecule has 0 spiro atoms. The predicted molar refractivity (Wildman–Crippen MR) is 22.9 cm³/mol. The zero-order valence-corrected chi connectivity index (χ0v) is 3.09. The molecule has 0 aromatic rings. The monoisotopic (exact) mass is 121 g/mol. The number of halogens is 4. The SMILES string of the molecule is C.F[B-](F)(F)F.[NH4+]. The average molecular weight is 121 g/mol. The third-order valence-corrected chi connectivity index (χ3v) is 0. The van der Waals surface area contributed by atoms with E-state index in [1.807, 2.05) is 0 Å². The summed E-state index contributed by atoms with van der Waals surface area (Å²) in [6.45, 7) is 0. The van der Waals surface area contributed by atoms with Crippen molar-refractivity contribution >= 4 is 7.25 Å². The molecule has 0 bridgehead atoms. The first-order chi connectivity index (χ1) is 2.00. The van der Waals surface area contributed by atoms with Crippen LogP contribution < -0.4 is 6.15 Å². The number of quaternary nitrogens is 1. The second-order valence-electron chi connectivity index (χ2n) is 0.495. The quantitative estimate of drug-likeness (QED) is 0.377. The molecule has 0 aliphatic carbocycles. The van der Waals surface area contributed by atoms with Crippen molar-refractivity contribution in [3.8, 4) is 0 Å². The molecular weight excluding hydrogens is 113 g/mol. The van der Waals surface area contributed by atoms with Crippen LogP contribution >= 0.6 is 0 Å². The first-order valence-corrected chi connectivity index (χ1v) is 0.873. The summed E-state index contributed by atoms with van der Waals surface area (Å²) < 4.78 is 39.0. The number of hydrogen-bond donors (Lipinski definition) is 1. The Hall–Kier alpha value is -0.255. The van der Waals surface area contributed by atoms with E-state index in [9.17, 15) is 17.3 Å². The van der Waals surface area contributed by atoms with E-state index in [1.165, 1.54) is 0 Å². The van der Waals surface area contributed by atoms with Crippen LogP contribution in [0.1, 0.15) is 7.43 Å². The standard InChI is InChI=1S/CH4.BF4.H3N/c;2-1(3,4)5;/h1H4;;1H3/q;-1;/p+1. The normalized spacial score (nSPS) is 8.57. The van der Waals surface area contributed by atoms with Gasteiger partial charge in [0.25, 0.3) is 0 Å². The smallest absolute Gasteiger partial charge is 0.418 e. The summed E-state index contributed by atoms with van der Waals surface area (Å²) >= 11 is 0. The molecule has 0 radical (unpaired) electrons. The zero-order chi connectivity index (χ0) is 4.50. The minimum absolute atomic E-state index is 0. The lowest BCUT2D eigenvalue weighted by atomic mass is 10.3. The van der Waals surface area contributed by atoms with E-state index in [0.29, 0.717) is 0 Å². The Balaban J connectivity index is -0.0000000800. The summed E-state index contributed by atoms with van der Waals surface area (Å²) in [5.41, 5.74) is 0. The molecule has 0 aliphatic heterocycles. The summed E-state index contributed by atoms with van der Waals surface area (Å²) in [4.78, 5) is 0. The van der Waals surface area contributed by atoms with Crippen molar-refractivity contribution in [2.75, 3.05) is 0 Å². The fraction of sp³-hybridized carbons (Fsp3) is 1.00. The van der Waals surface area contributed by atoms with Crippen molar-refractivity contribution in [3.05, 3.63) is 0 Å². The van der Waals surface area contributed by atoms with Crippen LogP contribution in [0, 0.1) is 0 Å². The first kappa shape index (κ1) is 15.9. The van der Waals surface area contributed by atoms with Crippen LogP contribution in [-0.4, -0.2) is 7.25 Å². The predicted octanol–water partition coefficient (Wildman–Crippen LogP) is 2.31. The van der Waals surface area contributed by atoms with Crippen molar-refractivity contribution in [2.24, 2.45) is 0 Å². The molecule has 0 aromatic heterocycles. The van der Waals surface area contributed by atoms with Crippen molar-refractivity contribution in [1.82, 2.24) is 6.15 Å². The lowest BCUT2D eigenvalue weighted by Crippen LogP contribution is -2.02. The Morgan fingerprint density at radius 1 is 0.857 bits per heavy atom. The maximum Gasteiger partial charge on any atom is 0.673 e. The number of rotatable bonds is 0. The van der Waals surface area contributed by atoms with Gasteiger partial charge < -0.3 is 23.4 Å². The minimum Gasteiger partial charge on any atom is -0.418 e. The Kier molecular flexibility index (Phi) is 8.89. The summed E-state index contributed by atoms with van der Waals surface area (Å²) in [6, 6.07) is 0. The van der Waals surface area contributed by atoms with Gasteiger partial charge in [0.1, 0.15) is 0 Å². The second-order valence-corrected chi connectivity index (χ2v) is 0.495. The van der Waals surface area contributed by atoms with Gasteiger partial charge in [0.2, 0.25) is 0 Å². The third-order valence-electron chi connectivity index (χ3n) is 0. The zero-order valence-electron chi connectivity index (χ0n) is 3.09. The Morgan fingerprint density at radius 2 is 0.857 bits per heavy atom. The summed E-state index contributed by atoms with van der Waals surface area (Å²) in [5, 5.41) is 0. The maximum atomic E-state index is 9.75. The van der Waals surface area contributed by atoms with Gasteiger partial charge in [0, 0.05) is 0 Å². The van der Waals surface area contributed by atoms with Gasteiger partial charge in [0.05, 0.1) is 0 Å². The van der Waals surface area contributed by atoms with Crippen molar-refractivity contribution in [3.63, 3.8) is 0 Å². The Labute approximate surface area is 39.4 Å². The molecule has 0 fully saturated rings. The molecule has 48 valence electrons. The van der Waals surface area contributed by atoms with E-state index in [1.54, 1.807) is 0 Å². The molecule has 0 amide bonds. The molecule has 4 N–H and O–H groups in total. The van der Waals surface area contributed by atoms with E-state index in [0.717, 1.165) is 0 Å². The van der Waals surface area contributed by atoms with Gasteiger partial charge in [-0.15, -0.1) is 0 Å². The van der Waals surface area contributed by atoms with E-state index < -0.39 is 7.25 Å². The van der Waals surface area contributed by atoms with Crippen LogP contribution in [0.2, 0.25) is 0 Å². The minimum atomic E-state index is -6.00. The summed E-state index contributed by atoms with van der Waals surface area (Å²) in [5.74, 6) is 0. The molecule has 0 aliphatic rings. The molecule has 0 heterocycles. The van der Waals surface area contributed by atoms with Gasteiger partial charge >= 0.3 is 7.25 Å². The fourth-order valence-corrected chi connectivity index (χ4v) is 0. The Bertz CT molecular complexity index is 27.2. The van der Waals surface area contributed by atoms with Crippen LogP contribution in [-0.2, 0) is 0 Å². The Morgan fingerprint density at radius 3 is 0.857 bits per heavy atom. The molecule has 0 unspecified atom stereocenters. The van der Waals surface area contributed by atoms with Crippen LogP contribution in [0.5, 0.6) is 0 Å². The molecule has 0 aromatic carbocycles. The second kappa shape index (κ2) is 3.92. The number of hydrogen-bond acceptors (Lipinski definition) is 0. The van der Waals surface area contributed by atoms with Crippen LogP contribution in [0.25, 0.3) is 0 Å². The highest BCUT2D eigenvalue weighted by Gasteiger charge is 2.20. The molecule has 0 rings (SSSR count). The summed E-state index contributed by atoms with van der Waals surface area (Å²) in [7, 11) is -6.00. The summed E-state index contributed by atoms with van der Waals surface area (Å²) in [6.07, 6.45) is 0. The maximum absolute atomic E-state index is 9.75. The van der Waals surface area contributed by atoms with E-state index in [4.69, 9.17) is 0 Å². The average Bonchev–Trinajstić information content (AvgIpc) is 0.722. The molecule has 0 saturated carbocycles. The van der Waals surface area contributed by atoms with Gasteiger partial charge in [-0.05, 0) is 0 Å². The first-order valence-electron chi connectivity index (χ1n) is 0.873. The van der Waals surface area contributed by atoms with Gasteiger partial charge in [-0.1, -0.05) is 7.43 Å². The van der Waals surface area contributed by atoms with Gasteiger partial charge in [-0.2, -0.15) is 0 Å². The lowest BCUT2D eigenvalue weighted by molar-refractivity contribution is 0.368. The van der Waals surface area contributed by atoms with E-state index in [2.05, 4.69) is 0 Å². The van der Waals surface area contributed by atoms with Crippen molar-refractivity contribution < 1.29 is 17.3 Å². The topological polar surface area (TPSA) is 36.5 Å². The van der Waals surface area contributed by atoms with Crippen LogP contribution in [0.3, 0.4) is 0 Å². The molecule has 1 nitrogen and oxygen atoms in total. The van der Waals surface area contributed by atoms with Crippen molar-refractivity contribution in [2.45, 2.75) is 7.43 Å². The lowest BCUT2D eigenvalue weighted by Gasteiger charge is -1.94. The highest BCUT2D eigenvalue weighted by molar-refractivity contribution is 6.50. The van der Waals surface area contributed by atoms with E-state index >= 15 is 0 Å². The highest BCUT2D eigenvalue weighted by Crippen LogP contribution is 2.06. The van der Waals surface area contributed by atoms with Gasteiger partial charge in [-0.3, -0.25) is 0 Å².